The van der Waals surface area contributed by atoms with E-state index < -0.39 is 5.25 Å². The molecule has 1 atom stereocenters. The van der Waals surface area contributed by atoms with E-state index in [0.29, 0.717) is 46.9 Å². The number of nitro groups is 1. The van der Waals surface area contributed by atoms with E-state index >= 15 is 0 Å². The van der Waals surface area contributed by atoms with E-state index in [0.717, 1.165) is 5.56 Å². The largest absolute Gasteiger partial charge is 0.490 e. The molecular weight excluding hydrogens is 483 g/mol. The lowest BCUT2D eigenvalue weighted by Crippen LogP contribution is -2.11. The second-order valence-electron chi connectivity index (χ2n) is 7.88. The van der Waals surface area contributed by atoms with Crippen molar-refractivity contribution >= 4 is 11.8 Å². The second kappa shape index (κ2) is 11.7. The maximum Gasteiger partial charge on any atom is 0.220 e. The first-order valence-corrected chi connectivity index (χ1v) is 12.2. The van der Waals surface area contributed by atoms with Gasteiger partial charge in [-0.25, -0.2) is 4.39 Å². The predicted octanol–water partition coefficient (Wildman–Crippen LogP) is 5.80. The number of aromatic nitrogens is 3. The van der Waals surface area contributed by atoms with E-state index in [1.165, 1.54) is 23.9 Å². The van der Waals surface area contributed by atoms with Crippen molar-refractivity contribution in [3.8, 4) is 17.2 Å². The zero-order valence-corrected chi connectivity index (χ0v) is 20.7. The Morgan fingerprint density at radius 3 is 2.47 bits per heavy atom. The van der Waals surface area contributed by atoms with Gasteiger partial charge >= 0.3 is 0 Å². The molecule has 0 radical (unpaired) electrons. The van der Waals surface area contributed by atoms with Crippen LogP contribution >= 0.6 is 11.8 Å². The molecule has 0 bridgehead atoms. The summed E-state index contributed by atoms with van der Waals surface area (Å²) < 4.78 is 27.0. The zero-order valence-electron chi connectivity index (χ0n) is 19.8. The lowest BCUT2D eigenvalue weighted by molar-refractivity contribution is -0.479. The molecular formula is C26H25FN4O4S. The van der Waals surface area contributed by atoms with Crippen molar-refractivity contribution < 1.29 is 18.8 Å². The number of aryl methyl sites for hydroxylation is 1. The van der Waals surface area contributed by atoms with Crippen LogP contribution in [0.25, 0.3) is 5.69 Å². The fraction of sp³-hybridized carbons (Fsp3) is 0.231. The SMILES string of the molecule is CCOc1cc([C@H](C[N+](=O)[O-])Sc2nnc(C)n2-c2ccc(F)cc2)ccc1OCc1ccccc1. The van der Waals surface area contributed by atoms with Crippen molar-refractivity contribution in [1.29, 1.82) is 0 Å². The summed E-state index contributed by atoms with van der Waals surface area (Å²) in [5.74, 6) is 1.29. The van der Waals surface area contributed by atoms with Crippen molar-refractivity contribution in [2.75, 3.05) is 13.2 Å². The molecule has 0 spiro atoms. The van der Waals surface area contributed by atoms with E-state index in [2.05, 4.69) is 10.2 Å². The highest BCUT2D eigenvalue weighted by Gasteiger charge is 2.25. The number of benzene rings is 3. The van der Waals surface area contributed by atoms with E-state index in [-0.39, 0.29) is 17.3 Å². The molecule has 0 saturated heterocycles. The van der Waals surface area contributed by atoms with Gasteiger partial charge in [-0.05, 0) is 61.4 Å². The van der Waals surface area contributed by atoms with Crippen LogP contribution in [-0.4, -0.2) is 32.8 Å². The van der Waals surface area contributed by atoms with Gasteiger partial charge < -0.3 is 9.47 Å². The first kappa shape index (κ1) is 25.2. The maximum absolute atomic E-state index is 13.4. The van der Waals surface area contributed by atoms with Crippen molar-refractivity contribution in [2.24, 2.45) is 0 Å². The van der Waals surface area contributed by atoms with Gasteiger partial charge in [0.15, 0.2) is 16.7 Å². The molecule has 186 valence electrons. The quantitative estimate of drug-likeness (QED) is 0.144. The summed E-state index contributed by atoms with van der Waals surface area (Å²) in [7, 11) is 0. The summed E-state index contributed by atoms with van der Waals surface area (Å²) in [5.41, 5.74) is 2.38. The second-order valence-corrected chi connectivity index (χ2v) is 9.05. The summed E-state index contributed by atoms with van der Waals surface area (Å²) in [6.07, 6.45) is 0. The van der Waals surface area contributed by atoms with Crippen molar-refractivity contribution in [1.82, 2.24) is 14.8 Å². The predicted molar refractivity (Wildman–Crippen MR) is 135 cm³/mol. The third-order valence-electron chi connectivity index (χ3n) is 5.32. The first-order valence-electron chi connectivity index (χ1n) is 11.3. The lowest BCUT2D eigenvalue weighted by Gasteiger charge is -2.17. The van der Waals surface area contributed by atoms with Gasteiger partial charge in [0, 0.05) is 10.6 Å². The van der Waals surface area contributed by atoms with Gasteiger partial charge in [-0.15, -0.1) is 10.2 Å². The van der Waals surface area contributed by atoms with E-state index in [9.17, 15) is 14.5 Å². The summed E-state index contributed by atoms with van der Waals surface area (Å²) in [6, 6.07) is 21.0. The maximum atomic E-state index is 13.4. The molecule has 10 heteroatoms. The van der Waals surface area contributed by atoms with Crippen LogP contribution in [0.2, 0.25) is 0 Å². The molecule has 0 aliphatic rings. The molecule has 3 aromatic carbocycles. The first-order chi connectivity index (χ1) is 17.4. The van der Waals surface area contributed by atoms with Crippen LogP contribution in [0.5, 0.6) is 11.5 Å². The highest BCUT2D eigenvalue weighted by Crippen LogP contribution is 2.39. The highest BCUT2D eigenvalue weighted by molar-refractivity contribution is 7.99. The van der Waals surface area contributed by atoms with Crippen LogP contribution in [0.3, 0.4) is 0 Å². The smallest absolute Gasteiger partial charge is 0.220 e. The number of nitrogens with zero attached hydrogens (tertiary/aromatic N) is 4. The zero-order chi connectivity index (χ0) is 25.5. The van der Waals surface area contributed by atoms with Gasteiger partial charge in [-0.3, -0.25) is 14.7 Å². The monoisotopic (exact) mass is 508 g/mol. The minimum absolute atomic E-state index is 0.338. The summed E-state index contributed by atoms with van der Waals surface area (Å²) in [6.45, 7) is 4.08. The molecule has 4 aromatic rings. The average molecular weight is 509 g/mol. The van der Waals surface area contributed by atoms with Gasteiger partial charge in [-0.1, -0.05) is 48.2 Å². The third kappa shape index (κ3) is 6.19. The molecule has 8 nitrogen and oxygen atoms in total. The Morgan fingerprint density at radius 1 is 1.03 bits per heavy atom. The summed E-state index contributed by atoms with van der Waals surface area (Å²) in [4.78, 5) is 11.2. The van der Waals surface area contributed by atoms with Crippen LogP contribution in [0.4, 0.5) is 4.39 Å². The molecule has 0 saturated carbocycles. The highest BCUT2D eigenvalue weighted by atomic mass is 32.2. The Balaban J connectivity index is 1.62. The van der Waals surface area contributed by atoms with Gasteiger partial charge in [0.2, 0.25) is 6.54 Å². The Bertz CT molecular complexity index is 1320. The number of ether oxygens (including phenoxy) is 2. The topological polar surface area (TPSA) is 92.3 Å². The van der Waals surface area contributed by atoms with Gasteiger partial charge in [0.1, 0.15) is 23.5 Å². The van der Waals surface area contributed by atoms with Crippen molar-refractivity contribution in [2.45, 2.75) is 30.9 Å². The Morgan fingerprint density at radius 2 is 1.78 bits per heavy atom. The minimum atomic E-state index is -0.579. The molecule has 36 heavy (non-hydrogen) atoms. The van der Waals surface area contributed by atoms with E-state index in [4.69, 9.17) is 9.47 Å². The molecule has 0 N–H and O–H groups in total. The Hall–Kier alpha value is -3.92. The van der Waals surface area contributed by atoms with Crippen LogP contribution in [0, 0.1) is 22.9 Å². The Labute approximate surface area is 212 Å². The van der Waals surface area contributed by atoms with Crippen LogP contribution < -0.4 is 9.47 Å². The fourth-order valence-corrected chi connectivity index (χ4v) is 4.79. The van der Waals surface area contributed by atoms with Crippen LogP contribution in [0.15, 0.2) is 78.0 Å². The number of hydrogen-bond acceptors (Lipinski definition) is 7. The molecule has 1 aromatic heterocycles. The number of halogens is 1. The van der Waals surface area contributed by atoms with E-state index in [1.54, 1.807) is 41.8 Å². The molecule has 0 aliphatic heterocycles. The van der Waals surface area contributed by atoms with Crippen LogP contribution in [0.1, 0.15) is 29.1 Å². The molecule has 0 amide bonds. The molecule has 1 heterocycles. The molecule has 0 unspecified atom stereocenters. The van der Waals surface area contributed by atoms with Crippen molar-refractivity contribution in [3.05, 3.63) is 106 Å². The average Bonchev–Trinajstić information content (AvgIpc) is 3.23. The molecule has 0 aliphatic carbocycles. The Kier molecular flexibility index (Phi) is 8.17. The summed E-state index contributed by atoms with van der Waals surface area (Å²) >= 11 is 1.22. The normalized spacial score (nSPS) is 11.8. The number of hydrogen-bond donors (Lipinski definition) is 0. The van der Waals surface area contributed by atoms with E-state index in [1.807, 2.05) is 37.3 Å². The lowest BCUT2D eigenvalue weighted by atomic mass is 10.1. The molecule has 0 fully saturated rings. The molecule has 4 rings (SSSR count). The van der Waals surface area contributed by atoms with Crippen LogP contribution in [-0.2, 0) is 6.61 Å². The standard InChI is InChI=1S/C26H25FN4O4S/c1-3-34-24-15-20(9-14-23(24)35-17-19-7-5-4-6-8-19)25(16-30(32)33)36-26-29-28-18(2)31(26)22-12-10-21(27)11-13-22/h4-15,25H,3,16-17H2,1-2H3/t25-/m0/s1. The van der Waals surface area contributed by atoms with Gasteiger partial charge in [0.05, 0.1) is 6.61 Å². The fourth-order valence-electron chi connectivity index (χ4n) is 3.63. The minimum Gasteiger partial charge on any atom is -0.490 e. The van der Waals surface area contributed by atoms with Crippen molar-refractivity contribution in [3.63, 3.8) is 0 Å². The number of rotatable bonds is 11. The van der Waals surface area contributed by atoms with Gasteiger partial charge in [0.25, 0.3) is 0 Å². The third-order valence-corrected chi connectivity index (χ3v) is 6.50. The summed E-state index contributed by atoms with van der Waals surface area (Å²) in [5, 5.41) is 19.8. The number of thioether (sulfide) groups is 1. The van der Waals surface area contributed by atoms with Gasteiger partial charge in [-0.2, -0.15) is 0 Å².